The lowest BCUT2D eigenvalue weighted by Gasteiger charge is -2.36. The first-order chi connectivity index (χ1) is 13.9. The minimum atomic E-state index is -5.39. The fourth-order valence-electron chi connectivity index (χ4n) is 2.52. The molecule has 0 unspecified atom stereocenters. The van der Waals surface area contributed by atoms with Gasteiger partial charge in [-0.25, -0.2) is 0 Å². The monoisotopic (exact) mass is 403 g/mol. The zero-order chi connectivity index (χ0) is 21.0. The zero-order valence-corrected chi connectivity index (χ0v) is 16.5. The van der Waals surface area contributed by atoms with Crippen molar-refractivity contribution in [3.8, 4) is 22.3 Å². The first-order valence-electron chi connectivity index (χ1n) is 8.87. The molecule has 4 nitrogen and oxygen atoms in total. The molecule has 0 saturated heterocycles. The van der Waals surface area contributed by atoms with E-state index in [0.29, 0.717) is 0 Å². The van der Waals surface area contributed by atoms with Crippen molar-refractivity contribution < 1.29 is 19.2 Å². The van der Waals surface area contributed by atoms with Gasteiger partial charge in [0.15, 0.2) is 0 Å². The van der Waals surface area contributed by atoms with Crippen LogP contribution in [0.5, 0.6) is 0 Å². The Kier molecular flexibility index (Phi) is 9.03. The first kappa shape index (κ1) is 22.3. The van der Waals surface area contributed by atoms with Crippen LogP contribution in [0, 0.1) is 0 Å². The minimum absolute atomic E-state index is 1.28. The number of phosphoric acid groups is 1. The molecule has 4 rings (SSSR count). The first-order valence-corrected chi connectivity index (χ1v) is 10.3. The van der Waals surface area contributed by atoms with Gasteiger partial charge < -0.3 is 19.2 Å². The van der Waals surface area contributed by atoms with E-state index in [-0.39, 0.29) is 0 Å². The van der Waals surface area contributed by atoms with E-state index in [1.165, 1.54) is 22.3 Å². The highest BCUT2D eigenvalue weighted by Crippen LogP contribution is 2.18. The van der Waals surface area contributed by atoms with Crippen molar-refractivity contribution in [1.82, 2.24) is 0 Å². The largest absolute Gasteiger partial charge is 0.822 e. The van der Waals surface area contributed by atoms with Gasteiger partial charge in [0.1, 0.15) is 0 Å². The molecule has 4 aromatic carbocycles. The van der Waals surface area contributed by atoms with Gasteiger partial charge in [0.2, 0.25) is 0 Å². The average molecular weight is 403 g/mol. The lowest BCUT2D eigenvalue weighted by Crippen LogP contribution is -2.24. The highest BCUT2D eigenvalue weighted by Gasteiger charge is 1.92. The molecule has 5 heteroatoms. The summed E-state index contributed by atoms with van der Waals surface area (Å²) in [6, 6.07) is 41.6. The van der Waals surface area contributed by atoms with E-state index in [4.69, 9.17) is 19.2 Å². The summed E-state index contributed by atoms with van der Waals surface area (Å²) in [5.41, 5.74) is 5.10. The van der Waals surface area contributed by atoms with Gasteiger partial charge in [-0.15, -0.1) is 0 Å². The van der Waals surface area contributed by atoms with Gasteiger partial charge >= 0.3 is 0 Å². The average Bonchev–Trinajstić information content (AvgIpc) is 2.76. The minimum Gasteiger partial charge on any atom is -0.822 e. The molecular weight excluding hydrogens is 383 g/mol. The van der Waals surface area contributed by atoms with Crippen molar-refractivity contribution in [3.63, 3.8) is 0 Å². The molecule has 0 atom stereocenters. The Balaban J connectivity index is 0.000000170. The summed E-state index contributed by atoms with van der Waals surface area (Å²) in [5, 5.41) is 0. The van der Waals surface area contributed by atoms with Crippen molar-refractivity contribution >= 4 is 7.82 Å². The number of rotatable bonds is 2. The van der Waals surface area contributed by atoms with E-state index in [0.717, 1.165) is 0 Å². The van der Waals surface area contributed by atoms with Crippen LogP contribution in [0.25, 0.3) is 22.3 Å². The van der Waals surface area contributed by atoms with Gasteiger partial charge in [0.05, 0.1) is 0 Å². The van der Waals surface area contributed by atoms with E-state index >= 15 is 0 Å². The third kappa shape index (κ3) is 9.65. The Morgan fingerprint density at radius 3 is 0.655 bits per heavy atom. The molecule has 0 aliphatic carbocycles. The summed E-state index contributed by atoms with van der Waals surface area (Å²) < 4.78 is 8.55. The number of hydrogen-bond donors (Lipinski definition) is 0. The van der Waals surface area contributed by atoms with Crippen molar-refractivity contribution in [3.05, 3.63) is 121 Å². The molecule has 0 aliphatic rings. The zero-order valence-electron chi connectivity index (χ0n) is 15.6. The van der Waals surface area contributed by atoms with Crippen molar-refractivity contribution in [2.75, 3.05) is 0 Å². The van der Waals surface area contributed by atoms with Crippen LogP contribution in [0.2, 0.25) is 0 Å². The Morgan fingerprint density at radius 2 is 0.517 bits per heavy atom. The summed E-state index contributed by atoms with van der Waals surface area (Å²) in [6.07, 6.45) is 0. The van der Waals surface area contributed by atoms with Crippen LogP contribution in [-0.4, -0.2) is 0 Å². The van der Waals surface area contributed by atoms with Gasteiger partial charge in [-0.3, -0.25) is 0 Å². The molecule has 0 amide bonds. The van der Waals surface area contributed by atoms with Crippen molar-refractivity contribution in [1.29, 1.82) is 0 Å². The van der Waals surface area contributed by atoms with Gasteiger partial charge in [0.25, 0.3) is 0 Å². The molecule has 0 aromatic heterocycles. The Hall–Kier alpha value is -3.01. The highest BCUT2D eigenvalue weighted by atomic mass is 31.2. The van der Waals surface area contributed by atoms with E-state index < -0.39 is 7.82 Å². The van der Waals surface area contributed by atoms with Crippen LogP contribution >= 0.6 is 7.82 Å². The third-order valence-corrected chi connectivity index (χ3v) is 3.76. The van der Waals surface area contributed by atoms with Crippen LogP contribution in [0.3, 0.4) is 0 Å². The normalized spacial score (nSPS) is 10.0. The number of benzene rings is 4. The molecule has 148 valence electrons. The molecule has 0 bridgehead atoms. The summed E-state index contributed by atoms with van der Waals surface area (Å²) in [7, 11) is -5.39. The fraction of sp³-hybridized carbons (Fsp3) is 0. The molecule has 4 aromatic rings. The molecule has 0 aliphatic heterocycles. The number of hydrogen-bond acceptors (Lipinski definition) is 4. The van der Waals surface area contributed by atoms with Gasteiger partial charge in [-0.05, 0) is 22.3 Å². The second kappa shape index (κ2) is 11.7. The maximum atomic E-state index is 8.55. The summed E-state index contributed by atoms with van der Waals surface area (Å²) >= 11 is 0. The topological polar surface area (TPSA) is 86.2 Å². The smallest absolute Gasteiger partial charge is 0.0184 e. The Labute approximate surface area is 171 Å². The molecule has 0 fully saturated rings. The van der Waals surface area contributed by atoms with Crippen LogP contribution in [-0.2, 0) is 4.57 Å². The fourth-order valence-corrected chi connectivity index (χ4v) is 2.52. The molecule has 0 heterocycles. The molecular formula is C24H20O4P-3. The van der Waals surface area contributed by atoms with Gasteiger partial charge in [-0.1, -0.05) is 121 Å². The predicted octanol–water partition coefficient (Wildman–Crippen LogP) is 3.88. The van der Waals surface area contributed by atoms with Gasteiger partial charge in [0, 0.05) is 0 Å². The second-order valence-corrected chi connectivity index (χ2v) is 6.81. The Bertz CT molecular complexity index is 828. The SMILES string of the molecule is O=P([O-])([O-])[O-].c1ccc(-c2ccccc2)cc1.c1ccc(-c2ccccc2)cc1. The van der Waals surface area contributed by atoms with E-state index in [9.17, 15) is 0 Å². The van der Waals surface area contributed by atoms with Gasteiger partial charge in [-0.2, -0.15) is 7.82 Å². The predicted molar refractivity (Wildman–Crippen MR) is 111 cm³/mol. The lowest BCUT2D eigenvalue weighted by molar-refractivity contribution is -0.432. The molecule has 29 heavy (non-hydrogen) atoms. The third-order valence-electron chi connectivity index (χ3n) is 3.76. The molecule has 0 saturated carbocycles. The van der Waals surface area contributed by atoms with Crippen LogP contribution < -0.4 is 14.7 Å². The van der Waals surface area contributed by atoms with Crippen LogP contribution in [0.15, 0.2) is 121 Å². The lowest BCUT2D eigenvalue weighted by atomic mass is 10.1. The summed E-state index contributed by atoms with van der Waals surface area (Å²) in [5.74, 6) is 0. The Morgan fingerprint density at radius 1 is 0.379 bits per heavy atom. The summed E-state index contributed by atoms with van der Waals surface area (Å²) in [6.45, 7) is 0. The van der Waals surface area contributed by atoms with Crippen LogP contribution in [0.1, 0.15) is 0 Å². The molecule has 0 spiro atoms. The van der Waals surface area contributed by atoms with Crippen molar-refractivity contribution in [2.45, 2.75) is 0 Å². The van der Waals surface area contributed by atoms with E-state index in [1.807, 2.05) is 24.3 Å². The van der Waals surface area contributed by atoms with E-state index in [1.54, 1.807) is 0 Å². The maximum Gasteiger partial charge on any atom is -0.0184 e. The van der Waals surface area contributed by atoms with E-state index in [2.05, 4.69) is 97.1 Å². The molecule has 0 radical (unpaired) electrons. The molecule has 0 N–H and O–H groups in total. The summed E-state index contributed by atoms with van der Waals surface area (Å²) in [4.78, 5) is 25.6. The maximum absolute atomic E-state index is 8.55. The highest BCUT2D eigenvalue weighted by molar-refractivity contribution is 7.40. The second-order valence-electron chi connectivity index (χ2n) is 5.91. The van der Waals surface area contributed by atoms with Crippen molar-refractivity contribution in [2.24, 2.45) is 0 Å². The standard InChI is InChI=1S/2C12H10.H3O4P/c2*1-3-7-11(8-4-1)12-9-5-2-6-10-12;1-5(2,3)4/h2*1-10H;(H3,1,2,3,4)/p-3. The van der Waals surface area contributed by atoms with Crippen LogP contribution in [0.4, 0.5) is 0 Å². The quantitative estimate of drug-likeness (QED) is 0.475.